The molecule has 0 aliphatic heterocycles. The van der Waals surface area contributed by atoms with E-state index in [0.717, 1.165) is 22.9 Å². The van der Waals surface area contributed by atoms with Crippen molar-refractivity contribution in [1.82, 2.24) is 15.0 Å². The number of methoxy groups -OCH3 is 2. The molecule has 0 atom stereocenters. The summed E-state index contributed by atoms with van der Waals surface area (Å²) in [6.45, 7) is 0. The number of benzene rings is 2. The first kappa shape index (κ1) is 16.8. The van der Waals surface area contributed by atoms with E-state index in [0.29, 0.717) is 11.9 Å². The lowest BCUT2D eigenvalue weighted by atomic mass is 10.3. The van der Waals surface area contributed by atoms with Crippen LogP contribution in [0.25, 0.3) is 0 Å². The summed E-state index contributed by atoms with van der Waals surface area (Å²) in [5, 5.41) is 6.23. The van der Waals surface area contributed by atoms with Gasteiger partial charge in [-0.3, -0.25) is 0 Å². The van der Waals surface area contributed by atoms with Gasteiger partial charge in [-0.25, -0.2) is 0 Å². The van der Waals surface area contributed by atoms with Gasteiger partial charge < -0.3 is 20.1 Å². The van der Waals surface area contributed by atoms with E-state index in [4.69, 9.17) is 21.1 Å². The molecule has 0 saturated heterocycles. The van der Waals surface area contributed by atoms with Crippen LogP contribution in [-0.2, 0) is 0 Å². The minimum Gasteiger partial charge on any atom is -0.497 e. The maximum absolute atomic E-state index is 6.01. The number of ether oxygens (including phenoxy) is 2. The minimum absolute atomic E-state index is 0.0748. The van der Waals surface area contributed by atoms with Crippen molar-refractivity contribution in [3.8, 4) is 11.5 Å². The smallest absolute Gasteiger partial charge is 0.233 e. The van der Waals surface area contributed by atoms with Crippen LogP contribution in [0.1, 0.15) is 0 Å². The third-order valence-corrected chi connectivity index (χ3v) is 3.43. The van der Waals surface area contributed by atoms with Crippen LogP contribution in [0.15, 0.2) is 48.5 Å². The summed E-state index contributed by atoms with van der Waals surface area (Å²) in [6.07, 6.45) is 0. The van der Waals surface area contributed by atoms with Gasteiger partial charge in [-0.1, -0.05) is 12.1 Å². The van der Waals surface area contributed by atoms with Gasteiger partial charge in [-0.15, -0.1) is 0 Å². The van der Waals surface area contributed by atoms with Crippen LogP contribution < -0.4 is 20.1 Å². The van der Waals surface area contributed by atoms with Gasteiger partial charge in [0.2, 0.25) is 17.2 Å². The van der Waals surface area contributed by atoms with E-state index in [2.05, 4.69) is 25.6 Å². The highest BCUT2D eigenvalue weighted by Gasteiger charge is 2.07. The minimum atomic E-state index is 0.0748. The molecule has 25 heavy (non-hydrogen) atoms. The Morgan fingerprint density at radius 3 is 1.68 bits per heavy atom. The lowest BCUT2D eigenvalue weighted by Crippen LogP contribution is -2.04. The molecule has 7 nitrogen and oxygen atoms in total. The molecule has 3 aromatic rings. The SMILES string of the molecule is COc1cccc(Nc2nc(Cl)nc(Nc3cccc(OC)c3)n2)c1. The topological polar surface area (TPSA) is 81.2 Å². The summed E-state index contributed by atoms with van der Waals surface area (Å²) in [6, 6.07) is 14.8. The van der Waals surface area contributed by atoms with Gasteiger partial charge in [0.1, 0.15) is 11.5 Å². The quantitative estimate of drug-likeness (QED) is 0.689. The average Bonchev–Trinajstić information content (AvgIpc) is 2.61. The van der Waals surface area contributed by atoms with E-state index in [9.17, 15) is 0 Å². The van der Waals surface area contributed by atoms with Crippen molar-refractivity contribution in [1.29, 1.82) is 0 Å². The van der Waals surface area contributed by atoms with Gasteiger partial charge in [0.05, 0.1) is 14.2 Å². The van der Waals surface area contributed by atoms with Gasteiger partial charge in [0.15, 0.2) is 0 Å². The zero-order valence-corrected chi connectivity index (χ0v) is 14.4. The fourth-order valence-electron chi connectivity index (χ4n) is 2.12. The predicted octanol–water partition coefficient (Wildman–Crippen LogP) is 4.03. The third-order valence-electron chi connectivity index (χ3n) is 3.26. The first-order valence-electron chi connectivity index (χ1n) is 7.40. The Morgan fingerprint density at radius 1 is 0.760 bits per heavy atom. The summed E-state index contributed by atoms with van der Waals surface area (Å²) in [4.78, 5) is 12.5. The monoisotopic (exact) mass is 357 g/mol. The number of hydrogen-bond acceptors (Lipinski definition) is 7. The molecular weight excluding hydrogens is 342 g/mol. The average molecular weight is 358 g/mol. The van der Waals surface area contributed by atoms with Crippen LogP contribution >= 0.6 is 11.6 Å². The third kappa shape index (κ3) is 4.48. The number of anilines is 4. The molecule has 0 saturated carbocycles. The van der Waals surface area contributed by atoms with E-state index < -0.39 is 0 Å². The van der Waals surface area contributed by atoms with Gasteiger partial charge >= 0.3 is 0 Å². The summed E-state index contributed by atoms with van der Waals surface area (Å²) < 4.78 is 10.4. The molecule has 1 heterocycles. The van der Waals surface area contributed by atoms with Crippen LogP contribution in [0.5, 0.6) is 11.5 Å². The second kappa shape index (κ2) is 7.67. The largest absolute Gasteiger partial charge is 0.497 e. The molecule has 1 aromatic heterocycles. The van der Waals surface area contributed by atoms with Crippen LogP contribution in [0.3, 0.4) is 0 Å². The molecule has 0 amide bonds. The second-order valence-corrected chi connectivity index (χ2v) is 5.30. The number of rotatable bonds is 6. The second-order valence-electron chi connectivity index (χ2n) is 4.97. The molecule has 0 spiro atoms. The molecule has 2 aromatic carbocycles. The lowest BCUT2D eigenvalue weighted by Gasteiger charge is -2.10. The molecule has 8 heteroatoms. The number of aromatic nitrogens is 3. The van der Waals surface area contributed by atoms with Crippen LogP contribution in [-0.4, -0.2) is 29.2 Å². The molecule has 3 rings (SSSR count). The maximum Gasteiger partial charge on any atom is 0.233 e. The summed E-state index contributed by atoms with van der Waals surface area (Å²) in [5.41, 5.74) is 1.54. The lowest BCUT2D eigenvalue weighted by molar-refractivity contribution is 0.415. The number of hydrogen-bond donors (Lipinski definition) is 2. The highest BCUT2D eigenvalue weighted by atomic mass is 35.5. The number of halogens is 1. The Hall–Kier alpha value is -3.06. The highest BCUT2D eigenvalue weighted by Crippen LogP contribution is 2.23. The van der Waals surface area contributed by atoms with Gasteiger partial charge in [0, 0.05) is 23.5 Å². The molecular formula is C17H16ClN5O2. The van der Waals surface area contributed by atoms with Crippen LogP contribution in [0.4, 0.5) is 23.3 Å². The molecule has 2 N–H and O–H groups in total. The Labute approximate surface area is 150 Å². The molecule has 0 aliphatic carbocycles. The van der Waals surface area contributed by atoms with Crippen molar-refractivity contribution in [2.24, 2.45) is 0 Å². The Balaban J connectivity index is 1.82. The van der Waals surface area contributed by atoms with Crippen molar-refractivity contribution < 1.29 is 9.47 Å². The van der Waals surface area contributed by atoms with Crippen molar-refractivity contribution in [2.75, 3.05) is 24.9 Å². The Bertz CT molecular complexity index is 807. The fraction of sp³-hybridized carbons (Fsp3) is 0.118. The molecule has 0 radical (unpaired) electrons. The number of nitrogens with one attached hydrogen (secondary N) is 2. The van der Waals surface area contributed by atoms with Crippen molar-refractivity contribution in [2.45, 2.75) is 0 Å². The number of nitrogens with zero attached hydrogens (tertiary/aromatic N) is 3. The molecule has 128 valence electrons. The zero-order chi connectivity index (χ0) is 17.6. The summed E-state index contributed by atoms with van der Waals surface area (Å²) >= 11 is 6.01. The van der Waals surface area contributed by atoms with E-state index in [1.165, 1.54) is 0 Å². The Kier molecular flexibility index (Phi) is 5.15. The standard InChI is InChI=1S/C17H16ClN5O2/c1-24-13-7-3-5-11(9-13)19-16-21-15(18)22-17(23-16)20-12-6-4-8-14(10-12)25-2/h3-10H,1-2H3,(H2,19,20,21,22,23). The fourth-order valence-corrected chi connectivity index (χ4v) is 2.28. The summed E-state index contributed by atoms with van der Waals surface area (Å²) in [7, 11) is 3.21. The van der Waals surface area contributed by atoms with Crippen molar-refractivity contribution >= 4 is 34.9 Å². The first-order chi connectivity index (χ1) is 12.2. The maximum atomic E-state index is 6.01. The van der Waals surface area contributed by atoms with Crippen LogP contribution in [0, 0.1) is 0 Å². The molecule has 0 aliphatic rings. The van der Waals surface area contributed by atoms with E-state index in [1.807, 2.05) is 48.5 Å². The summed E-state index contributed by atoms with van der Waals surface area (Å²) in [5.74, 6) is 2.08. The van der Waals surface area contributed by atoms with Gasteiger partial charge in [-0.2, -0.15) is 15.0 Å². The van der Waals surface area contributed by atoms with Gasteiger partial charge in [0.25, 0.3) is 0 Å². The van der Waals surface area contributed by atoms with Crippen LogP contribution in [0.2, 0.25) is 5.28 Å². The highest BCUT2D eigenvalue weighted by molar-refractivity contribution is 6.28. The van der Waals surface area contributed by atoms with E-state index >= 15 is 0 Å². The van der Waals surface area contributed by atoms with Gasteiger partial charge in [-0.05, 0) is 35.9 Å². The van der Waals surface area contributed by atoms with Crippen molar-refractivity contribution in [3.63, 3.8) is 0 Å². The zero-order valence-electron chi connectivity index (χ0n) is 13.7. The van der Waals surface area contributed by atoms with E-state index in [-0.39, 0.29) is 5.28 Å². The van der Waals surface area contributed by atoms with Crippen molar-refractivity contribution in [3.05, 3.63) is 53.8 Å². The Morgan fingerprint density at radius 2 is 1.24 bits per heavy atom. The molecule has 0 bridgehead atoms. The predicted molar refractivity (Wildman–Crippen MR) is 97.4 cm³/mol. The molecule has 0 fully saturated rings. The van der Waals surface area contributed by atoms with E-state index in [1.54, 1.807) is 14.2 Å². The first-order valence-corrected chi connectivity index (χ1v) is 7.78. The molecule has 0 unspecified atom stereocenters. The normalized spacial score (nSPS) is 10.2.